The minimum Gasteiger partial charge on any atom is -0.314 e. The Kier molecular flexibility index (Phi) is 4.74. The largest absolute Gasteiger partial charge is 0.416 e. The maximum atomic E-state index is 13.1. The van der Waals surface area contributed by atoms with Gasteiger partial charge in [-0.3, -0.25) is 0 Å². The molecule has 0 aliphatic heterocycles. The zero-order chi connectivity index (χ0) is 14.8. The van der Waals surface area contributed by atoms with E-state index in [0.717, 1.165) is 25.8 Å². The lowest BCUT2D eigenvalue weighted by Crippen LogP contribution is -2.30. The summed E-state index contributed by atoms with van der Waals surface area (Å²) in [5.41, 5.74) is 0.0227. The van der Waals surface area contributed by atoms with Crippen molar-refractivity contribution in [3.8, 4) is 0 Å². The Morgan fingerprint density at radius 2 is 1.90 bits per heavy atom. The number of rotatable bonds is 4. The van der Waals surface area contributed by atoms with Gasteiger partial charge >= 0.3 is 6.18 Å². The molecule has 0 bridgehead atoms. The number of nitrogens with one attached hydrogen (secondary N) is 1. The van der Waals surface area contributed by atoms with E-state index in [-0.39, 0.29) is 5.92 Å². The van der Waals surface area contributed by atoms with Crippen molar-refractivity contribution in [3.63, 3.8) is 0 Å². The Hall–Kier alpha value is -1.03. The molecule has 0 radical (unpaired) electrons. The Morgan fingerprint density at radius 1 is 1.20 bits per heavy atom. The van der Waals surface area contributed by atoms with E-state index in [4.69, 9.17) is 0 Å². The Balaban J connectivity index is 2.22. The van der Waals surface area contributed by atoms with E-state index in [1.807, 2.05) is 0 Å². The van der Waals surface area contributed by atoms with E-state index in [2.05, 4.69) is 19.2 Å². The highest BCUT2D eigenvalue weighted by Gasteiger charge is 2.38. The van der Waals surface area contributed by atoms with Crippen molar-refractivity contribution in [1.82, 2.24) is 5.32 Å². The van der Waals surface area contributed by atoms with Crippen LogP contribution in [-0.2, 0) is 6.18 Å². The highest BCUT2D eigenvalue weighted by molar-refractivity contribution is 5.34. The van der Waals surface area contributed by atoms with Gasteiger partial charge in [0.2, 0.25) is 0 Å². The first-order chi connectivity index (χ1) is 9.39. The lowest BCUT2D eigenvalue weighted by atomic mass is 9.85. The van der Waals surface area contributed by atoms with Crippen LogP contribution < -0.4 is 5.32 Å². The molecule has 2 rings (SSSR count). The SMILES string of the molecule is CC(C)NCC1CCCC1c1ccccc1C(F)(F)F. The number of halogens is 3. The number of alkyl halides is 3. The average molecular weight is 285 g/mol. The van der Waals surface area contributed by atoms with Gasteiger partial charge < -0.3 is 5.32 Å². The molecule has 0 aromatic heterocycles. The molecule has 112 valence electrons. The van der Waals surface area contributed by atoms with Crippen LogP contribution in [0.15, 0.2) is 24.3 Å². The summed E-state index contributed by atoms with van der Waals surface area (Å²) in [5.74, 6) is 0.333. The van der Waals surface area contributed by atoms with Crippen LogP contribution in [-0.4, -0.2) is 12.6 Å². The lowest BCUT2D eigenvalue weighted by molar-refractivity contribution is -0.138. The summed E-state index contributed by atoms with van der Waals surface area (Å²) in [6, 6.07) is 6.43. The Bertz CT molecular complexity index is 440. The molecule has 0 heterocycles. The second-order valence-corrected chi connectivity index (χ2v) is 5.95. The molecular formula is C16H22F3N. The van der Waals surface area contributed by atoms with Crippen molar-refractivity contribution in [2.24, 2.45) is 5.92 Å². The van der Waals surface area contributed by atoms with Crippen molar-refractivity contribution in [1.29, 1.82) is 0 Å². The van der Waals surface area contributed by atoms with Crippen LogP contribution in [0.5, 0.6) is 0 Å². The third kappa shape index (κ3) is 3.54. The van der Waals surface area contributed by atoms with Crippen LogP contribution in [0.25, 0.3) is 0 Å². The normalized spacial score (nSPS) is 23.5. The van der Waals surface area contributed by atoms with E-state index in [1.54, 1.807) is 12.1 Å². The number of benzene rings is 1. The van der Waals surface area contributed by atoms with Crippen molar-refractivity contribution in [3.05, 3.63) is 35.4 Å². The van der Waals surface area contributed by atoms with Crippen LogP contribution in [0.1, 0.15) is 50.2 Å². The summed E-state index contributed by atoms with van der Waals surface area (Å²) in [6.45, 7) is 4.93. The molecule has 0 amide bonds. The minimum absolute atomic E-state index is 0.0269. The van der Waals surface area contributed by atoms with Gasteiger partial charge in [0, 0.05) is 6.04 Å². The summed E-state index contributed by atoms with van der Waals surface area (Å²) < 4.78 is 39.4. The van der Waals surface area contributed by atoms with E-state index in [1.165, 1.54) is 12.1 Å². The molecular weight excluding hydrogens is 263 g/mol. The summed E-state index contributed by atoms with van der Waals surface area (Å²) in [5, 5.41) is 3.36. The minimum atomic E-state index is -4.25. The standard InChI is InChI=1S/C16H22F3N/c1-11(2)20-10-12-6-5-8-13(12)14-7-3-4-9-15(14)16(17,18)19/h3-4,7,9,11-13,20H,5-6,8,10H2,1-2H3. The maximum absolute atomic E-state index is 13.1. The molecule has 1 fully saturated rings. The maximum Gasteiger partial charge on any atom is 0.416 e. The fourth-order valence-corrected chi connectivity index (χ4v) is 3.16. The van der Waals surface area contributed by atoms with Gasteiger partial charge in [-0.25, -0.2) is 0 Å². The summed E-state index contributed by atoms with van der Waals surface area (Å²) in [7, 11) is 0. The zero-order valence-electron chi connectivity index (χ0n) is 12.0. The first-order valence-electron chi connectivity index (χ1n) is 7.29. The van der Waals surface area contributed by atoms with Gasteiger partial charge in [-0.2, -0.15) is 13.2 Å². The van der Waals surface area contributed by atoms with Crippen LogP contribution in [0, 0.1) is 5.92 Å². The van der Waals surface area contributed by atoms with Crippen molar-refractivity contribution >= 4 is 0 Å². The topological polar surface area (TPSA) is 12.0 Å². The molecule has 1 nitrogen and oxygen atoms in total. The molecule has 20 heavy (non-hydrogen) atoms. The highest BCUT2D eigenvalue weighted by atomic mass is 19.4. The first kappa shape index (κ1) is 15.4. The van der Waals surface area contributed by atoms with E-state index >= 15 is 0 Å². The quantitative estimate of drug-likeness (QED) is 0.853. The van der Waals surface area contributed by atoms with E-state index < -0.39 is 11.7 Å². The monoisotopic (exact) mass is 285 g/mol. The first-order valence-corrected chi connectivity index (χ1v) is 7.29. The summed E-state index contributed by atoms with van der Waals surface area (Å²) >= 11 is 0. The molecule has 2 atom stereocenters. The summed E-state index contributed by atoms with van der Waals surface area (Å²) in [6.07, 6.45) is -1.37. The summed E-state index contributed by atoms with van der Waals surface area (Å²) in [4.78, 5) is 0. The van der Waals surface area contributed by atoms with Crippen molar-refractivity contribution in [2.45, 2.75) is 51.2 Å². The predicted octanol–water partition coefficient (Wildman–Crippen LogP) is 4.59. The second kappa shape index (κ2) is 6.17. The number of hydrogen-bond donors (Lipinski definition) is 1. The Labute approximate surface area is 118 Å². The van der Waals surface area contributed by atoms with Crippen molar-refractivity contribution < 1.29 is 13.2 Å². The van der Waals surface area contributed by atoms with Crippen LogP contribution in [0.3, 0.4) is 0 Å². The van der Waals surface area contributed by atoms with Gasteiger partial charge in [0.25, 0.3) is 0 Å². The molecule has 1 N–H and O–H groups in total. The van der Waals surface area contributed by atoms with Crippen LogP contribution in [0.4, 0.5) is 13.2 Å². The highest BCUT2D eigenvalue weighted by Crippen LogP contribution is 2.44. The third-order valence-corrected chi connectivity index (χ3v) is 4.11. The molecule has 4 heteroatoms. The molecule has 0 spiro atoms. The fourth-order valence-electron chi connectivity index (χ4n) is 3.16. The smallest absolute Gasteiger partial charge is 0.314 e. The van der Waals surface area contributed by atoms with Crippen LogP contribution >= 0.6 is 0 Å². The van der Waals surface area contributed by atoms with Gasteiger partial charge in [-0.15, -0.1) is 0 Å². The zero-order valence-corrected chi connectivity index (χ0v) is 12.0. The molecule has 1 aliphatic carbocycles. The van der Waals surface area contributed by atoms with Gasteiger partial charge in [-0.05, 0) is 42.9 Å². The second-order valence-electron chi connectivity index (χ2n) is 5.95. The average Bonchev–Trinajstić information content (AvgIpc) is 2.83. The lowest BCUT2D eigenvalue weighted by Gasteiger charge is -2.24. The van der Waals surface area contributed by atoms with Gasteiger partial charge in [0.1, 0.15) is 0 Å². The van der Waals surface area contributed by atoms with Gasteiger partial charge in [-0.1, -0.05) is 38.5 Å². The fraction of sp³-hybridized carbons (Fsp3) is 0.625. The van der Waals surface area contributed by atoms with E-state index in [9.17, 15) is 13.2 Å². The molecule has 1 aromatic carbocycles. The number of hydrogen-bond acceptors (Lipinski definition) is 1. The van der Waals surface area contributed by atoms with Crippen LogP contribution in [0.2, 0.25) is 0 Å². The Morgan fingerprint density at radius 3 is 2.55 bits per heavy atom. The molecule has 1 saturated carbocycles. The molecule has 1 aromatic rings. The predicted molar refractivity (Wildman–Crippen MR) is 74.7 cm³/mol. The van der Waals surface area contributed by atoms with Gasteiger partial charge in [0.15, 0.2) is 0 Å². The molecule has 1 aliphatic rings. The van der Waals surface area contributed by atoms with E-state index in [0.29, 0.717) is 17.5 Å². The van der Waals surface area contributed by atoms with Gasteiger partial charge in [0.05, 0.1) is 5.56 Å². The van der Waals surface area contributed by atoms with Crippen molar-refractivity contribution in [2.75, 3.05) is 6.54 Å². The third-order valence-electron chi connectivity index (χ3n) is 4.11. The molecule has 0 saturated heterocycles. The molecule has 2 unspecified atom stereocenters.